The minimum Gasteiger partial charge on any atom is -0.497 e. The number of hydrogen-bond acceptors (Lipinski definition) is 6. The maximum Gasteiger partial charge on any atom is 0.254 e. The number of anilines is 1. The van der Waals surface area contributed by atoms with E-state index in [-0.39, 0.29) is 17.6 Å². The third-order valence-corrected chi connectivity index (χ3v) is 8.24. The second-order valence-corrected chi connectivity index (χ2v) is 11.1. The number of carbonyl (C=O) groups is 2. The smallest absolute Gasteiger partial charge is 0.254 e. The quantitative estimate of drug-likeness (QED) is 0.311. The van der Waals surface area contributed by atoms with Crippen molar-refractivity contribution >= 4 is 17.4 Å². The summed E-state index contributed by atoms with van der Waals surface area (Å²) in [7, 11) is 4.82. The molecule has 1 aliphatic heterocycles. The highest BCUT2D eigenvalue weighted by atomic mass is 16.5. The Morgan fingerprint density at radius 3 is 2.14 bits per heavy atom. The molecule has 0 bridgehead atoms. The fourth-order valence-corrected chi connectivity index (χ4v) is 5.96. The van der Waals surface area contributed by atoms with Gasteiger partial charge in [-0.05, 0) is 78.3 Å². The first-order valence-corrected chi connectivity index (χ1v) is 14.2. The highest BCUT2D eigenvalue weighted by Crippen LogP contribution is 2.46. The van der Waals surface area contributed by atoms with E-state index < -0.39 is 5.92 Å². The summed E-state index contributed by atoms with van der Waals surface area (Å²) >= 11 is 0. The van der Waals surface area contributed by atoms with Gasteiger partial charge < -0.3 is 24.8 Å². The lowest BCUT2D eigenvalue weighted by molar-refractivity contribution is -0.116. The Morgan fingerprint density at radius 1 is 0.857 bits per heavy atom. The summed E-state index contributed by atoms with van der Waals surface area (Å²) in [6.45, 7) is 6.21. The molecule has 5 rings (SSSR count). The van der Waals surface area contributed by atoms with Crippen molar-refractivity contribution in [2.45, 2.75) is 51.4 Å². The maximum atomic E-state index is 14.0. The standard InChI is InChI=1S/C35H38N2O5/c1-20(2)22-7-9-23(10-8-22)33-32(35(39)37-26-12-14-27(40-4)15-13-26)21(3)36-28-17-25(18-29(38)34(28)33)24-11-16-30(41-5)31(19-24)42-6/h7-16,19-20,25,33,36H,17-18H2,1-6H3,(H,37,39)/t25-,33-/m1/s1. The lowest BCUT2D eigenvalue weighted by Gasteiger charge is -2.37. The van der Waals surface area contributed by atoms with Crippen molar-refractivity contribution in [1.29, 1.82) is 0 Å². The molecule has 1 amide bonds. The Morgan fingerprint density at radius 2 is 1.52 bits per heavy atom. The number of benzene rings is 3. The number of amides is 1. The lowest BCUT2D eigenvalue weighted by atomic mass is 9.71. The molecule has 0 radical (unpaired) electrons. The van der Waals surface area contributed by atoms with Gasteiger partial charge >= 0.3 is 0 Å². The maximum absolute atomic E-state index is 14.0. The first kappa shape index (κ1) is 29.0. The van der Waals surface area contributed by atoms with Crippen LogP contribution >= 0.6 is 0 Å². The molecule has 0 fully saturated rings. The number of ether oxygens (including phenoxy) is 3. The Hall–Kier alpha value is -4.52. The summed E-state index contributed by atoms with van der Waals surface area (Å²) in [4.78, 5) is 27.9. The first-order valence-electron chi connectivity index (χ1n) is 14.2. The van der Waals surface area contributed by atoms with Crippen LogP contribution in [0.1, 0.15) is 68.1 Å². The number of nitrogens with one attached hydrogen (secondary N) is 2. The molecule has 2 atom stereocenters. The molecular weight excluding hydrogens is 528 g/mol. The molecule has 42 heavy (non-hydrogen) atoms. The molecule has 1 aliphatic carbocycles. The van der Waals surface area contributed by atoms with Gasteiger partial charge in [-0.1, -0.05) is 44.2 Å². The predicted molar refractivity (Wildman–Crippen MR) is 164 cm³/mol. The zero-order valence-electron chi connectivity index (χ0n) is 25.0. The van der Waals surface area contributed by atoms with Crippen LogP contribution in [-0.2, 0) is 9.59 Å². The SMILES string of the molecule is COc1ccc(NC(=O)C2=C(C)NC3=C(C(=O)C[C@H](c4ccc(OC)c(OC)c4)C3)[C@@H]2c2ccc(C(C)C)cc2)cc1. The molecule has 0 saturated heterocycles. The highest BCUT2D eigenvalue weighted by molar-refractivity contribution is 6.10. The number of carbonyl (C=O) groups excluding carboxylic acids is 2. The van der Waals surface area contributed by atoms with Gasteiger partial charge in [0.05, 0.1) is 21.3 Å². The zero-order chi connectivity index (χ0) is 30.0. The van der Waals surface area contributed by atoms with Crippen molar-refractivity contribution in [2.24, 2.45) is 0 Å². The van der Waals surface area contributed by atoms with E-state index in [1.807, 2.05) is 25.1 Å². The average molecular weight is 567 g/mol. The van der Waals surface area contributed by atoms with Gasteiger partial charge in [-0.15, -0.1) is 0 Å². The molecule has 0 saturated carbocycles. The van der Waals surface area contributed by atoms with E-state index in [0.717, 1.165) is 22.5 Å². The van der Waals surface area contributed by atoms with Gasteiger partial charge in [-0.3, -0.25) is 9.59 Å². The summed E-state index contributed by atoms with van der Waals surface area (Å²) in [6.07, 6.45) is 0.977. The van der Waals surface area contributed by atoms with Crippen molar-refractivity contribution in [3.05, 3.63) is 106 Å². The third-order valence-electron chi connectivity index (χ3n) is 8.24. The van der Waals surface area contributed by atoms with Crippen LogP contribution in [0.3, 0.4) is 0 Å². The van der Waals surface area contributed by atoms with E-state index in [9.17, 15) is 9.59 Å². The molecule has 0 aromatic heterocycles. The van der Waals surface area contributed by atoms with Crippen LogP contribution in [0.15, 0.2) is 89.3 Å². The van der Waals surface area contributed by atoms with Crippen molar-refractivity contribution in [1.82, 2.24) is 5.32 Å². The molecule has 7 nitrogen and oxygen atoms in total. The van der Waals surface area contributed by atoms with Gasteiger partial charge in [-0.25, -0.2) is 0 Å². The number of rotatable bonds is 8. The molecule has 2 aliphatic rings. The molecule has 0 unspecified atom stereocenters. The topological polar surface area (TPSA) is 85.9 Å². The molecule has 3 aromatic rings. The van der Waals surface area contributed by atoms with E-state index in [2.05, 4.69) is 48.7 Å². The van der Waals surface area contributed by atoms with Gasteiger partial charge in [0.25, 0.3) is 5.91 Å². The number of ketones is 1. The van der Waals surface area contributed by atoms with E-state index >= 15 is 0 Å². The van der Waals surface area contributed by atoms with Crippen molar-refractivity contribution in [2.75, 3.05) is 26.6 Å². The van der Waals surface area contributed by atoms with Gasteiger partial charge in [0.2, 0.25) is 0 Å². The molecule has 218 valence electrons. The largest absolute Gasteiger partial charge is 0.497 e. The van der Waals surface area contributed by atoms with Gasteiger partial charge in [-0.2, -0.15) is 0 Å². The van der Waals surface area contributed by atoms with Crippen LogP contribution in [0.5, 0.6) is 17.2 Å². The van der Waals surface area contributed by atoms with Crippen molar-refractivity contribution in [3.8, 4) is 17.2 Å². The number of Topliss-reactive ketones (excluding diaryl/α,β-unsaturated/α-hetero) is 1. The molecule has 3 aromatic carbocycles. The fraction of sp³-hybridized carbons (Fsp3) is 0.314. The zero-order valence-corrected chi connectivity index (χ0v) is 25.0. The Bertz CT molecular complexity index is 1550. The summed E-state index contributed by atoms with van der Waals surface area (Å²) < 4.78 is 16.2. The Labute approximate surface area is 247 Å². The summed E-state index contributed by atoms with van der Waals surface area (Å²) in [5, 5.41) is 6.50. The van der Waals surface area contributed by atoms with Crippen LogP contribution in [0.25, 0.3) is 0 Å². The number of methoxy groups -OCH3 is 3. The normalized spacial score (nSPS) is 18.4. The number of hydrogen-bond donors (Lipinski definition) is 2. The lowest BCUT2D eigenvalue weighted by Crippen LogP contribution is -2.37. The fourth-order valence-electron chi connectivity index (χ4n) is 5.96. The second kappa shape index (κ2) is 12.1. The second-order valence-electron chi connectivity index (χ2n) is 11.1. The summed E-state index contributed by atoms with van der Waals surface area (Å²) in [6, 6.07) is 21.3. The average Bonchev–Trinajstić information content (AvgIpc) is 3.00. The summed E-state index contributed by atoms with van der Waals surface area (Å²) in [5.74, 6) is 1.63. The molecular formula is C35H38N2O5. The van der Waals surface area contributed by atoms with Gasteiger partial charge in [0.15, 0.2) is 17.3 Å². The van der Waals surface area contributed by atoms with Crippen molar-refractivity contribution in [3.63, 3.8) is 0 Å². The van der Waals surface area contributed by atoms with Crippen LogP contribution in [0.2, 0.25) is 0 Å². The van der Waals surface area contributed by atoms with Crippen molar-refractivity contribution < 1.29 is 23.8 Å². The molecule has 0 spiro atoms. The number of allylic oxidation sites excluding steroid dienone is 3. The summed E-state index contributed by atoms with van der Waals surface area (Å²) in [5.41, 5.74) is 6.59. The molecule has 7 heteroatoms. The van der Waals surface area contributed by atoms with E-state index in [1.165, 1.54) is 5.56 Å². The van der Waals surface area contributed by atoms with Gasteiger partial charge in [0, 0.05) is 40.6 Å². The minimum atomic E-state index is -0.487. The van der Waals surface area contributed by atoms with Crippen LogP contribution in [-0.4, -0.2) is 33.0 Å². The highest BCUT2D eigenvalue weighted by Gasteiger charge is 2.41. The minimum absolute atomic E-state index is 0.0312. The van der Waals surface area contributed by atoms with Crippen LogP contribution in [0.4, 0.5) is 5.69 Å². The molecule has 1 heterocycles. The Balaban J connectivity index is 1.53. The molecule has 2 N–H and O–H groups in total. The van der Waals surface area contributed by atoms with E-state index in [4.69, 9.17) is 14.2 Å². The van der Waals surface area contributed by atoms with E-state index in [1.54, 1.807) is 45.6 Å². The Kier molecular flexibility index (Phi) is 8.39. The van der Waals surface area contributed by atoms with E-state index in [0.29, 0.717) is 52.8 Å². The predicted octanol–water partition coefficient (Wildman–Crippen LogP) is 6.84. The third kappa shape index (κ3) is 5.64. The van der Waals surface area contributed by atoms with Gasteiger partial charge in [0.1, 0.15) is 5.75 Å². The number of dihydropyridines is 1. The van der Waals surface area contributed by atoms with Crippen LogP contribution < -0.4 is 24.8 Å². The monoisotopic (exact) mass is 566 g/mol. The van der Waals surface area contributed by atoms with Crippen LogP contribution in [0, 0.1) is 0 Å². The first-order chi connectivity index (χ1) is 20.2.